The Kier molecular flexibility index (Phi) is 5.81. The van der Waals surface area contributed by atoms with E-state index in [-0.39, 0.29) is 33.4 Å². The van der Waals surface area contributed by atoms with Crippen molar-refractivity contribution >= 4 is 33.4 Å². The van der Waals surface area contributed by atoms with Gasteiger partial charge in [0.2, 0.25) is 5.91 Å². The Labute approximate surface area is 182 Å². The first-order valence-corrected chi connectivity index (χ1v) is 11.9. The predicted molar refractivity (Wildman–Crippen MR) is 114 cm³/mol. The van der Waals surface area contributed by atoms with E-state index in [0.29, 0.717) is 12.8 Å². The highest BCUT2D eigenvalue weighted by Crippen LogP contribution is 2.46. The van der Waals surface area contributed by atoms with Gasteiger partial charge in [-0.3, -0.25) is 14.5 Å². The van der Waals surface area contributed by atoms with Crippen molar-refractivity contribution in [3.8, 4) is 5.75 Å². The maximum atomic E-state index is 13.1. The fraction of sp³-hybridized carbons (Fsp3) is 0.571. The number of sulfone groups is 1. The van der Waals surface area contributed by atoms with Gasteiger partial charge in [0.05, 0.1) is 16.3 Å². The van der Waals surface area contributed by atoms with E-state index in [1.807, 2.05) is 6.92 Å². The van der Waals surface area contributed by atoms with Crippen LogP contribution in [0.2, 0.25) is 0 Å². The average molecular weight is 452 g/mol. The number of nitrogens with one attached hydrogen (secondary N) is 2. The number of rotatable bonds is 5. The van der Waals surface area contributed by atoms with Gasteiger partial charge < -0.3 is 15.7 Å². The molecule has 3 rings (SSSR count). The summed E-state index contributed by atoms with van der Waals surface area (Å²) < 4.78 is 24.1. The van der Waals surface area contributed by atoms with Crippen LogP contribution in [0.25, 0.3) is 0 Å². The molecule has 2 atom stereocenters. The summed E-state index contributed by atoms with van der Waals surface area (Å²) >= 11 is 0. The van der Waals surface area contributed by atoms with E-state index < -0.39 is 39.8 Å². The van der Waals surface area contributed by atoms with Crippen molar-refractivity contribution in [2.45, 2.75) is 57.4 Å². The highest BCUT2D eigenvalue weighted by atomic mass is 32.2. The van der Waals surface area contributed by atoms with Crippen LogP contribution in [0.3, 0.4) is 0 Å². The third-order valence-electron chi connectivity index (χ3n) is 5.91. The normalized spacial score (nSPS) is 25.5. The smallest absolute Gasteiger partial charge is 0.325 e. The van der Waals surface area contributed by atoms with Crippen LogP contribution >= 0.6 is 0 Å². The molecule has 0 aromatic heterocycles. The molecule has 1 aromatic rings. The highest BCUT2D eigenvalue weighted by Gasteiger charge is 2.56. The highest BCUT2D eigenvalue weighted by molar-refractivity contribution is 7.91. The van der Waals surface area contributed by atoms with Crippen LogP contribution in [0.4, 0.5) is 10.5 Å². The van der Waals surface area contributed by atoms with E-state index in [0.717, 1.165) is 17.4 Å². The number of carbonyl (C=O) groups is 3. The Morgan fingerprint density at radius 3 is 2.58 bits per heavy atom. The lowest BCUT2D eigenvalue weighted by molar-refractivity contribution is -0.136. The molecule has 9 nitrogen and oxygen atoms in total. The zero-order valence-corrected chi connectivity index (χ0v) is 19.0. The van der Waals surface area contributed by atoms with Gasteiger partial charge in [-0.25, -0.2) is 13.2 Å². The molecule has 1 saturated heterocycles. The second-order valence-electron chi connectivity index (χ2n) is 9.39. The average Bonchev–Trinajstić information content (AvgIpc) is 2.85. The van der Waals surface area contributed by atoms with Gasteiger partial charge in [-0.15, -0.1) is 0 Å². The molecule has 3 N–H and O–H groups in total. The molecule has 1 saturated carbocycles. The van der Waals surface area contributed by atoms with Crippen LogP contribution in [-0.4, -0.2) is 54.1 Å². The van der Waals surface area contributed by atoms with Gasteiger partial charge in [0.15, 0.2) is 9.84 Å². The Hall–Kier alpha value is -2.62. The van der Waals surface area contributed by atoms with Crippen molar-refractivity contribution < 1.29 is 27.9 Å². The third-order valence-corrected chi connectivity index (χ3v) is 7.64. The molecule has 4 amide bonds. The lowest BCUT2D eigenvalue weighted by Crippen LogP contribution is -2.54. The number of imide groups is 1. The van der Waals surface area contributed by atoms with Crippen LogP contribution in [-0.2, 0) is 19.4 Å². The molecule has 1 aliphatic carbocycles. The molecular weight excluding hydrogens is 422 g/mol. The van der Waals surface area contributed by atoms with Gasteiger partial charge in [-0.1, -0.05) is 27.7 Å². The lowest BCUT2D eigenvalue weighted by Gasteiger charge is -2.43. The van der Waals surface area contributed by atoms with Crippen LogP contribution in [0.15, 0.2) is 23.1 Å². The first kappa shape index (κ1) is 23.1. The molecule has 1 aliphatic heterocycles. The molecule has 10 heteroatoms. The number of carbonyl (C=O) groups excluding carboxylic acids is 3. The summed E-state index contributed by atoms with van der Waals surface area (Å²) in [6.07, 6.45) is 1.94. The fourth-order valence-corrected chi connectivity index (χ4v) is 5.86. The number of amides is 4. The molecule has 31 heavy (non-hydrogen) atoms. The first-order chi connectivity index (χ1) is 14.3. The Balaban J connectivity index is 1.77. The van der Waals surface area contributed by atoms with E-state index in [4.69, 9.17) is 0 Å². The van der Waals surface area contributed by atoms with E-state index in [1.54, 1.807) is 0 Å². The number of urea groups is 1. The Morgan fingerprint density at radius 2 is 1.97 bits per heavy atom. The molecule has 2 unspecified atom stereocenters. The maximum Gasteiger partial charge on any atom is 0.325 e. The maximum absolute atomic E-state index is 13.1. The number of phenols is 1. The van der Waals surface area contributed by atoms with Crippen molar-refractivity contribution in [3.63, 3.8) is 0 Å². The van der Waals surface area contributed by atoms with E-state index in [1.165, 1.54) is 19.1 Å². The van der Waals surface area contributed by atoms with Crippen molar-refractivity contribution in [3.05, 3.63) is 18.2 Å². The molecule has 0 radical (unpaired) electrons. The molecule has 1 spiro atoms. The Morgan fingerprint density at radius 1 is 1.29 bits per heavy atom. The van der Waals surface area contributed by atoms with Gasteiger partial charge in [-0.2, -0.15) is 0 Å². The summed E-state index contributed by atoms with van der Waals surface area (Å²) in [7, 11) is -3.54. The van der Waals surface area contributed by atoms with Gasteiger partial charge >= 0.3 is 6.03 Å². The van der Waals surface area contributed by atoms with Gasteiger partial charge in [0.25, 0.3) is 5.91 Å². The lowest BCUT2D eigenvalue weighted by atomic mass is 9.64. The second-order valence-corrected chi connectivity index (χ2v) is 11.7. The molecule has 1 heterocycles. The van der Waals surface area contributed by atoms with Crippen molar-refractivity contribution in [1.29, 1.82) is 0 Å². The number of anilines is 1. The summed E-state index contributed by atoms with van der Waals surface area (Å²) in [6, 6.07) is 2.95. The first-order valence-electron chi connectivity index (χ1n) is 10.3. The predicted octanol–water partition coefficient (Wildman–Crippen LogP) is 2.26. The number of nitrogens with zero attached hydrogens (tertiary/aromatic N) is 1. The minimum Gasteiger partial charge on any atom is -0.506 e. The number of hydrogen-bond acceptors (Lipinski definition) is 6. The molecule has 2 fully saturated rings. The Bertz CT molecular complexity index is 1040. The summed E-state index contributed by atoms with van der Waals surface area (Å²) in [5, 5.41) is 15.2. The molecular formula is C21H29N3O6S. The quantitative estimate of drug-likeness (QED) is 0.465. The summed E-state index contributed by atoms with van der Waals surface area (Å²) in [5.41, 5.74) is -1.25. The van der Waals surface area contributed by atoms with Crippen molar-refractivity contribution in [1.82, 2.24) is 10.2 Å². The number of phenolic OH excluding ortho intramolecular Hbond substituents is 1. The van der Waals surface area contributed by atoms with Gasteiger partial charge in [0.1, 0.15) is 17.8 Å². The van der Waals surface area contributed by atoms with Gasteiger partial charge in [-0.05, 0) is 48.8 Å². The molecule has 0 bridgehead atoms. The van der Waals surface area contributed by atoms with Crippen molar-refractivity contribution in [2.24, 2.45) is 11.3 Å². The van der Waals surface area contributed by atoms with Crippen LogP contribution < -0.4 is 10.6 Å². The standard InChI is InChI=1S/C21H29N3O6S/c1-5-31(29,30)14-6-7-16(25)15(8-14)22-17(26)11-24-18(27)21(23-19(24)28)10-13(2)9-20(3,4)12-21/h6-8,13,25H,5,9-12H2,1-4H3,(H,22,26)(H,23,28). The van der Waals surface area contributed by atoms with Gasteiger partial charge in [0, 0.05) is 0 Å². The zero-order valence-electron chi connectivity index (χ0n) is 18.2. The van der Waals surface area contributed by atoms with Crippen molar-refractivity contribution in [2.75, 3.05) is 17.6 Å². The molecule has 170 valence electrons. The minimum atomic E-state index is -3.54. The van der Waals surface area contributed by atoms with Crippen LogP contribution in [0, 0.1) is 11.3 Å². The molecule has 1 aromatic carbocycles. The number of hydrogen-bond donors (Lipinski definition) is 3. The SMILES string of the molecule is CCS(=O)(=O)c1ccc(O)c(NC(=O)CN2C(=O)NC3(CC(C)CC(C)(C)C3)C2=O)c1. The van der Waals surface area contributed by atoms with Crippen LogP contribution in [0.1, 0.15) is 47.0 Å². The van der Waals surface area contributed by atoms with E-state index in [9.17, 15) is 27.9 Å². The summed E-state index contributed by atoms with van der Waals surface area (Å²) in [5.74, 6) is -1.37. The van der Waals surface area contributed by atoms with E-state index >= 15 is 0 Å². The zero-order chi connectivity index (χ0) is 23.2. The van der Waals surface area contributed by atoms with E-state index in [2.05, 4.69) is 24.5 Å². The molecule has 2 aliphatic rings. The summed E-state index contributed by atoms with van der Waals surface area (Å²) in [4.78, 5) is 39.1. The van der Waals surface area contributed by atoms with Crippen LogP contribution in [0.5, 0.6) is 5.75 Å². The third kappa shape index (κ3) is 4.53. The second kappa shape index (κ2) is 7.81. The number of benzene rings is 1. The minimum absolute atomic E-state index is 0.0459. The number of aromatic hydroxyl groups is 1. The monoisotopic (exact) mass is 451 g/mol. The largest absolute Gasteiger partial charge is 0.506 e. The fourth-order valence-electron chi connectivity index (χ4n) is 4.96. The summed E-state index contributed by atoms with van der Waals surface area (Å²) in [6.45, 7) is 7.10. The topological polar surface area (TPSA) is 133 Å².